The molecule has 0 bridgehead atoms. The first-order valence-corrected chi connectivity index (χ1v) is 5.07. The van der Waals surface area contributed by atoms with Crippen molar-refractivity contribution in [3.05, 3.63) is 40.9 Å². The van der Waals surface area contributed by atoms with Crippen LogP contribution in [0.2, 0.25) is 0 Å². The van der Waals surface area contributed by atoms with E-state index in [1.165, 1.54) is 0 Å². The van der Waals surface area contributed by atoms with Crippen molar-refractivity contribution in [2.75, 3.05) is 7.11 Å². The highest BCUT2D eigenvalue weighted by Crippen LogP contribution is 2.29. The third-order valence-corrected chi connectivity index (χ3v) is 2.82. The second-order valence-corrected chi connectivity index (χ2v) is 4.19. The summed E-state index contributed by atoms with van der Waals surface area (Å²) in [4.78, 5) is 0. The van der Waals surface area contributed by atoms with Crippen molar-refractivity contribution >= 4 is 15.9 Å². The van der Waals surface area contributed by atoms with Crippen molar-refractivity contribution in [3.8, 4) is 5.75 Å². The molecule has 1 unspecified atom stereocenters. The standard InChI is InChI=1S/C11H14BrNO/c1-4-11(2,13)8-5-6-10(14-3)9(12)7-8/h4-7H,1,13H2,2-3H3. The van der Waals surface area contributed by atoms with Gasteiger partial charge in [-0.25, -0.2) is 0 Å². The summed E-state index contributed by atoms with van der Waals surface area (Å²) in [7, 11) is 1.63. The van der Waals surface area contributed by atoms with Crippen molar-refractivity contribution in [3.63, 3.8) is 0 Å². The van der Waals surface area contributed by atoms with E-state index in [0.717, 1.165) is 15.8 Å². The second-order valence-electron chi connectivity index (χ2n) is 3.34. The molecule has 2 nitrogen and oxygen atoms in total. The van der Waals surface area contributed by atoms with Gasteiger partial charge in [0.25, 0.3) is 0 Å². The van der Waals surface area contributed by atoms with E-state index in [4.69, 9.17) is 10.5 Å². The SMILES string of the molecule is C=CC(C)(N)c1ccc(OC)c(Br)c1. The smallest absolute Gasteiger partial charge is 0.133 e. The first-order chi connectivity index (χ1) is 6.51. The third kappa shape index (κ3) is 2.16. The Morgan fingerprint density at radius 1 is 1.57 bits per heavy atom. The maximum Gasteiger partial charge on any atom is 0.133 e. The van der Waals surface area contributed by atoms with Crippen molar-refractivity contribution < 1.29 is 4.74 Å². The predicted molar refractivity (Wildman–Crippen MR) is 62.4 cm³/mol. The Bertz CT molecular complexity index is 347. The van der Waals surface area contributed by atoms with Gasteiger partial charge in [-0.05, 0) is 40.5 Å². The first kappa shape index (κ1) is 11.3. The van der Waals surface area contributed by atoms with Crippen LogP contribution < -0.4 is 10.5 Å². The van der Waals surface area contributed by atoms with E-state index < -0.39 is 5.54 Å². The number of hydrogen-bond acceptors (Lipinski definition) is 2. The molecule has 76 valence electrons. The predicted octanol–water partition coefficient (Wildman–Crippen LogP) is 2.82. The molecule has 1 atom stereocenters. The summed E-state index contributed by atoms with van der Waals surface area (Å²) in [5.41, 5.74) is 6.51. The molecule has 0 radical (unpaired) electrons. The van der Waals surface area contributed by atoms with E-state index in [1.807, 2.05) is 25.1 Å². The average molecular weight is 256 g/mol. The Morgan fingerprint density at radius 3 is 2.64 bits per heavy atom. The Morgan fingerprint density at radius 2 is 2.21 bits per heavy atom. The number of ether oxygens (including phenoxy) is 1. The molecule has 14 heavy (non-hydrogen) atoms. The lowest BCUT2D eigenvalue weighted by atomic mass is 9.93. The van der Waals surface area contributed by atoms with Gasteiger partial charge in [0.2, 0.25) is 0 Å². The summed E-state index contributed by atoms with van der Waals surface area (Å²) in [6, 6.07) is 5.76. The number of nitrogens with two attached hydrogens (primary N) is 1. The van der Waals surface area contributed by atoms with Crippen LogP contribution in [0.5, 0.6) is 5.75 Å². The molecule has 0 amide bonds. The molecule has 0 aliphatic carbocycles. The minimum absolute atomic E-state index is 0.505. The summed E-state index contributed by atoms with van der Waals surface area (Å²) in [5, 5.41) is 0. The van der Waals surface area contributed by atoms with Gasteiger partial charge in [-0.15, -0.1) is 6.58 Å². The highest BCUT2D eigenvalue weighted by molar-refractivity contribution is 9.10. The number of halogens is 1. The minimum Gasteiger partial charge on any atom is -0.496 e. The van der Waals surface area contributed by atoms with Gasteiger partial charge >= 0.3 is 0 Å². The summed E-state index contributed by atoms with van der Waals surface area (Å²) in [6.45, 7) is 5.62. The number of methoxy groups -OCH3 is 1. The van der Waals surface area contributed by atoms with E-state index in [1.54, 1.807) is 13.2 Å². The van der Waals surface area contributed by atoms with E-state index in [2.05, 4.69) is 22.5 Å². The molecular formula is C11H14BrNO. The topological polar surface area (TPSA) is 35.2 Å². The van der Waals surface area contributed by atoms with E-state index >= 15 is 0 Å². The zero-order valence-corrected chi connectivity index (χ0v) is 9.97. The molecule has 0 fully saturated rings. The molecule has 0 saturated heterocycles. The summed E-state index contributed by atoms with van der Waals surface area (Å²) in [5.74, 6) is 0.800. The van der Waals surface area contributed by atoms with Crippen LogP contribution in [0.15, 0.2) is 35.3 Å². The fourth-order valence-corrected chi connectivity index (χ4v) is 1.66. The Hall–Kier alpha value is -0.800. The molecule has 0 aromatic heterocycles. The van der Waals surface area contributed by atoms with Gasteiger partial charge in [-0.1, -0.05) is 12.1 Å². The van der Waals surface area contributed by atoms with Crippen LogP contribution in [0.25, 0.3) is 0 Å². The fraction of sp³-hybridized carbons (Fsp3) is 0.273. The molecule has 1 aromatic rings. The maximum atomic E-state index is 6.02. The number of hydrogen-bond donors (Lipinski definition) is 1. The lowest BCUT2D eigenvalue weighted by Crippen LogP contribution is -2.29. The highest BCUT2D eigenvalue weighted by Gasteiger charge is 2.17. The van der Waals surface area contributed by atoms with Gasteiger partial charge in [0.1, 0.15) is 5.75 Å². The second kappa shape index (κ2) is 4.15. The molecule has 3 heteroatoms. The van der Waals surface area contributed by atoms with Crippen LogP contribution in [-0.2, 0) is 5.54 Å². The molecule has 0 aliphatic rings. The molecule has 1 rings (SSSR count). The minimum atomic E-state index is -0.505. The van der Waals surface area contributed by atoms with Gasteiger partial charge in [-0.2, -0.15) is 0 Å². The number of rotatable bonds is 3. The molecule has 0 heterocycles. The zero-order valence-electron chi connectivity index (χ0n) is 8.38. The quantitative estimate of drug-likeness (QED) is 0.844. The molecule has 1 aromatic carbocycles. The lowest BCUT2D eigenvalue weighted by molar-refractivity contribution is 0.411. The normalized spacial score (nSPS) is 14.6. The molecule has 0 spiro atoms. The van der Waals surface area contributed by atoms with Crippen molar-refractivity contribution in [1.82, 2.24) is 0 Å². The van der Waals surface area contributed by atoms with Crippen molar-refractivity contribution in [2.45, 2.75) is 12.5 Å². The van der Waals surface area contributed by atoms with Gasteiger partial charge in [0.15, 0.2) is 0 Å². The van der Waals surface area contributed by atoms with Crippen molar-refractivity contribution in [2.24, 2.45) is 5.73 Å². The van der Waals surface area contributed by atoms with Crippen LogP contribution in [0.1, 0.15) is 12.5 Å². The van der Waals surface area contributed by atoms with Crippen LogP contribution in [0, 0.1) is 0 Å². The van der Waals surface area contributed by atoms with Gasteiger partial charge in [0.05, 0.1) is 17.1 Å². The Kier molecular flexibility index (Phi) is 3.34. The molecule has 0 saturated carbocycles. The maximum absolute atomic E-state index is 6.02. The van der Waals surface area contributed by atoms with Crippen LogP contribution in [0.4, 0.5) is 0 Å². The van der Waals surface area contributed by atoms with Crippen LogP contribution in [0.3, 0.4) is 0 Å². The summed E-state index contributed by atoms with van der Waals surface area (Å²) >= 11 is 3.41. The molecule has 2 N–H and O–H groups in total. The van der Waals surface area contributed by atoms with Gasteiger partial charge in [-0.3, -0.25) is 0 Å². The average Bonchev–Trinajstić information content (AvgIpc) is 2.17. The molecule has 0 aliphatic heterocycles. The first-order valence-electron chi connectivity index (χ1n) is 4.27. The van der Waals surface area contributed by atoms with Gasteiger partial charge < -0.3 is 10.5 Å². The third-order valence-electron chi connectivity index (χ3n) is 2.20. The highest BCUT2D eigenvalue weighted by atomic mass is 79.9. The largest absolute Gasteiger partial charge is 0.496 e. The Balaban J connectivity index is 3.15. The monoisotopic (exact) mass is 255 g/mol. The lowest BCUT2D eigenvalue weighted by Gasteiger charge is -2.21. The van der Waals surface area contributed by atoms with Crippen LogP contribution in [-0.4, -0.2) is 7.11 Å². The van der Waals surface area contributed by atoms with E-state index in [9.17, 15) is 0 Å². The number of benzene rings is 1. The summed E-state index contributed by atoms with van der Waals surface area (Å²) < 4.78 is 6.03. The van der Waals surface area contributed by atoms with E-state index in [-0.39, 0.29) is 0 Å². The Labute approximate surface area is 92.9 Å². The van der Waals surface area contributed by atoms with Crippen LogP contribution >= 0.6 is 15.9 Å². The molecular weight excluding hydrogens is 242 g/mol. The fourth-order valence-electron chi connectivity index (χ4n) is 1.12. The van der Waals surface area contributed by atoms with E-state index in [0.29, 0.717) is 0 Å². The summed E-state index contributed by atoms with van der Waals surface area (Å²) in [6.07, 6.45) is 1.72. The van der Waals surface area contributed by atoms with Gasteiger partial charge in [0, 0.05) is 0 Å². The zero-order chi connectivity index (χ0) is 10.8. The van der Waals surface area contributed by atoms with Crippen molar-refractivity contribution in [1.29, 1.82) is 0 Å².